The van der Waals surface area contributed by atoms with E-state index >= 15 is 0 Å². The summed E-state index contributed by atoms with van der Waals surface area (Å²) in [5.74, 6) is 0.795. The lowest BCUT2D eigenvalue weighted by atomic mass is 10.1. The highest BCUT2D eigenvalue weighted by Gasteiger charge is 2.25. The van der Waals surface area contributed by atoms with E-state index in [9.17, 15) is 0 Å². The van der Waals surface area contributed by atoms with Crippen LogP contribution in [0.3, 0.4) is 0 Å². The summed E-state index contributed by atoms with van der Waals surface area (Å²) in [6, 6.07) is 3.65. The van der Waals surface area contributed by atoms with E-state index in [4.69, 9.17) is 27.9 Å². The van der Waals surface area contributed by atoms with Crippen molar-refractivity contribution in [1.82, 2.24) is 5.32 Å². The molecule has 1 atom stereocenters. The SMILES string of the molecule is CCNCC1Cc2cc(Cl)cc(Cl)c2O1. The van der Waals surface area contributed by atoms with Crippen LogP contribution in [0.1, 0.15) is 12.5 Å². The van der Waals surface area contributed by atoms with Gasteiger partial charge in [-0.15, -0.1) is 0 Å². The number of nitrogens with one attached hydrogen (secondary N) is 1. The number of rotatable bonds is 3. The Bertz CT molecular complexity index is 368. The molecule has 0 saturated heterocycles. The van der Waals surface area contributed by atoms with Gasteiger partial charge in [-0.2, -0.15) is 0 Å². The van der Waals surface area contributed by atoms with Gasteiger partial charge in [0, 0.05) is 23.6 Å². The van der Waals surface area contributed by atoms with Gasteiger partial charge in [0.1, 0.15) is 11.9 Å². The Morgan fingerprint density at radius 3 is 3.00 bits per heavy atom. The standard InChI is InChI=1S/C11H13Cl2NO/c1-2-14-6-9-4-7-3-8(12)5-10(13)11(7)15-9/h3,5,9,14H,2,4,6H2,1H3. The van der Waals surface area contributed by atoms with E-state index in [0.717, 1.165) is 30.8 Å². The average molecular weight is 246 g/mol. The fraction of sp³-hybridized carbons (Fsp3) is 0.455. The Kier molecular flexibility index (Phi) is 3.39. The van der Waals surface area contributed by atoms with Crippen molar-refractivity contribution in [1.29, 1.82) is 0 Å². The summed E-state index contributed by atoms with van der Waals surface area (Å²) in [4.78, 5) is 0. The number of hydrogen-bond donors (Lipinski definition) is 1. The lowest BCUT2D eigenvalue weighted by Gasteiger charge is -2.10. The fourth-order valence-corrected chi connectivity index (χ4v) is 2.35. The molecule has 0 aromatic heterocycles. The number of ether oxygens (including phenoxy) is 1. The monoisotopic (exact) mass is 245 g/mol. The first-order valence-corrected chi connectivity index (χ1v) is 5.81. The summed E-state index contributed by atoms with van der Waals surface area (Å²) >= 11 is 12.0. The zero-order valence-electron chi connectivity index (χ0n) is 8.52. The lowest BCUT2D eigenvalue weighted by Crippen LogP contribution is -2.29. The molecule has 1 aromatic carbocycles. The first-order chi connectivity index (χ1) is 7.20. The maximum absolute atomic E-state index is 6.04. The van der Waals surface area contributed by atoms with E-state index in [1.165, 1.54) is 0 Å². The molecule has 0 aliphatic carbocycles. The highest BCUT2D eigenvalue weighted by Crippen LogP contribution is 2.38. The Hall–Kier alpha value is -0.440. The number of benzene rings is 1. The van der Waals surface area contributed by atoms with Gasteiger partial charge in [-0.3, -0.25) is 0 Å². The van der Waals surface area contributed by atoms with Crippen LogP contribution in [0, 0.1) is 0 Å². The van der Waals surface area contributed by atoms with Gasteiger partial charge < -0.3 is 10.1 Å². The Morgan fingerprint density at radius 1 is 1.47 bits per heavy atom. The molecule has 0 amide bonds. The van der Waals surface area contributed by atoms with Crippen LogP contribution < -0.4 is 10.1 Å². The van der Waals surface area contributed by atoms with Crippen molar-refractivity contribution in [2.24, 2.45) is 0 Å². The molecule has 0 fully saturated rings. The first kappa shape index (κ1) is 11.1. The molecule has 0 saturated carbocycles. The van der Waals surface area contributed by atoms with E-state index in [-0.39, 0.29) is 6.10 Å². The molecule has 4 heteroatoms. The molecular weight excluding hydrogens is 233 g/mol. The predicted molar refractivity (Wildman–Crippen MR) is 63.1 cm³/mol. The number of hydrogen-bond acceptors (Lipinski definition) is 2. The van der Waals surface area contributed by atoms with Crippen LogP contribution in [0.4, 0.5) is 0 Å². The molecule has 1 unspecified atom stereocenters. The molecule has 1 aromatic rings. The van der Waals surface area contributed by atoms with Gasteiger partial charge >= 0.3 is 0 Å². The van der Waals surface area contributed by atoms with Crippen LogP contribution >= 0.6 is 23.2 Å². The lowest BCUT2D eigenvalue weighted by molar-refractivity contribution is 0.229. The van der Waals surface area contributed by atoms with Crippen LogP contribution in [0.25, 0.3) is 0 Å². The third-order valence-corrected chi connectivity index (χ3v) is 2.94. The number of halogens is 2. The highest BCUT2D eigenvalue weighted by molar-refractivity contribution is 6.35. The minimum Gasteiger partial charge on any atom is -0.487 e. The maximum Gasteiger partial charge on any atom is 0.141 e. The van der Waals surface area contributed by atoms with Gasteiger partial charge in [-0.25, -0.2) is 0 Å². The minimum absolute atomic E-state index is 0.177. The molecule has 1 heterocycles. The molecule has 0 radical (unpaired) electrons. The molecular formula is C11H13Cl2NO. The van der Waals surface area contributed by atoms with Gasteiger partial charge in [0.05, 0.1) is 5.02 Å². The molecule has 1 N–H and O–H groups in total. The molecule has 1 aliphatic rings. The second kappa shape index (κ2) is 4.60. The van der Waals surface area contributed by atoms with E-state index in [1.807, 2.05) is 6.07 Å². The van der Waals surface area contributed by atoms with Crippen molar-refractivity contribution in [3.8, 4) is 5.75 Å². The van der Waals surface area contributed by atoms with Crippen LogP contribution in [-0.2, 0) is 6.42 Å². The summed E-state index contributed by atoms with van der Waals surface area (Å²) in [6.45, 7) is 3.87. The first-order valence-electron chi connectivity index (χ1n) is 5.06. The molecule has 2 rings (SSSR count). The van der Waals surface area contributed by atoms with Gasteiger partial charge in [-0.1, -0.05) is 30.1 Å². The summed E-state index contributed by atoms with van der Waals surface area (Å²) in [7, 11) is 0. The third kappa shape index (κ3) is 2.39. The second-order valence-electron chi connectivity index (χ2n) is 3.63. The van der Waals surface area contributed by atoms with E-state index in [2.05, 4.69) is 12.2 Å². The fourth-order valence-electron chi connectivity index (χ4n) is 1.77. The van der Waals surface area contributed by atoms with Crippen LogP contribution in [0.5, 0.6) is 5.75 Å². The van der Waals surface area contributed by atoms with Gasteiger partial charge in [0.15, 0.2) is 0 Å². The summed E-state index contributed by atoms with van der Waals surface area (Å²) in [6.07, 6.45) is 1.05. The van der Waals surface area contributed by atoms with Gasteiger partial charge in [0.25, 0.3) is 0 Å². The Morgan fingerprint density at radius 2 is 2.27 bits per heavy atom. The van der Waals surface area contributed by atoms with E-state index in [0.29, 0.717) is 10.0 Å². The molecule has 82 valence electrons. The normalized spacial score (nSPS) is 18.7. The Balaban J connectivity index is 2.13. The quantitative estimate of drug-likeness (QED) is 0.885. The zero-order chi connectivity index (χ0) is 10.8. The van der Waals surface area contributed by atoms with Crippen LogP contribution in [0.2, 0.25) is 10.0 Å². The van der Waals surface area contributed by atoms with Crippen molar-refractivity contribution >= 4 is 23.2 Å². The summed E-state index contributed by atoms with van der Waals surface area (Å²) < 4.78 is 5.74. The molecule has 1 aliphatic heterocycles. The highest BCUT2D eigenvalue weighted by atomic mass is 35.5. The molecule has 15 heavy (non-hydrogen) atoms. The molecule has 2 nitrogen and oxygen atoms in total. The zero-order valence-corrected chi connectivity index (χ0v) is 10.0. The molecule has 0 spiro atoms. The van der Waals surface area contributed by atoms with Crippen molar-refractivity contribution in [3.63, 3.8) is 0 Å². The average Bonchev–Trinajstić information content (AvgIpc) is 2.57. The maximum atomic E-state index is 6.04. The van der Waals surface area contributed by atoms with Crippen molar-refractivity contribution < 1.29 is 4.74 Å². The largest absolute Gasteiger partial charge is 0.487 e. The predicted octanol–water partition coefficient (Wildman–Crippen LogP) is 2.91. The van der Waals surface area contributed by atoms with Crippen molar-refractivity contribution in [2.45, 2.75) is 19.4 Å². The topological polar surface area (TPSA) is 21.3 Å². The summed E-state index contributed by atoms with van der Waals surface area (Å²) in [5.41, 5.74) is 1.11. The second-order valence-corrected chi connectivity index (χ2v) is 4.47. The van der Waals surface area contributed by atoms with E-state index in [1.54, 1.807) is 6.07 Å². The third-order valence-electron chi connectivity index (χ3n) is 2.44. The van der Waals surface area contributed by atoms with Crippen molar-refractivity contribution in [3.05, 3.63) is 27.7 Å². The number of fused-ring (bicyclic) bond motifs is 1. The summed E-state index contributed by atoms with van der Waals surface area (Å²) in [5, 5.41) is 4.54. The Labute approximate surface area is 99.5 Å². The minimum atomic E-state index is 0.177. The molecule has 0 bridgehead atoms. The smallest absolute Gasteiger partial charge is 0.141 e. The number of likely N-dealkylation sites (N-methyl/N-ethyl adjacent to an activating group) is 1. The van der Waals surface area contributed by atoms with E-state index < -0.39 is 0 Å². The van der Waals surface area contributed by atoms with Crippen LogP contribution in [-0.4, -0.2) is 19.2 Å². The van der Waals surface area contributed by atoms with Gasteiger partial charge in [-0.05, 0) is 18.7 Å². The van der Waals surface area contributed by atoms with Crippen molar-refractivity contribution in [2.75, 3.05) is 13.1 Å². The van der Waals surface area contributed by atoms with Gasteiger partial charge in [0.2, 0.25) is 0 Å². The van der Waals surface area contributed by atoms with Crippen LogP contribution in [0.15, 0.2) is 12.1 Å².